The van der Waals surface area contributed by atoms with Gasteiger partial charge in [0.25, 0.3) is 5.56 Å². The zero-order chi connectivity index (χ0) is 21.7. The van der Waals surface area contributed by atoms with E-state index in [-0.39, 0.29) is 24.0 Å². The number of hydrogen-bond acceptors (Lipinski definition) is 5. The molecule has 0 saturated carbocycles. The average Bonchev–Trinajstić information content (AvgIpc) is 2.73. The first-order valence-corrected chi connectivity index (χ1v) is 9.87. The fourth-order valence-electron chi connectivity index (χ4n) is 3.53. The van der Waals surface area contributed by atoms with Crippen molar-refractivity contribution < 1.29 is 4.79 Å². The van der Waals surface area contributed by atoms with E-state index in [1.807, 2.05) is 38.1 Å². The number of benzene rings is 1. The second-order valence-corrected chi connectivity index (χ2v) is 7.23. The summed E-state index contributed by atoms with van der Waals surface area (Å²) in [7, 11) is 0. The van der Waals surface area contributed by atoms with Gasteiger partial charge in [-0.05, 0) is 43.5 Å². The number of hydrogen-bond donors (Lipinski definition) is 3. The summed E-state index contributed by atoms with van der Waals surface area (Å²) in [4.78, 5) is 28.6. The number of nitrogens with two attached hydrogens (primary N) is 1. The molecule has 1 atom stereocenters. The van der Waals surface area contributed by atoms with Crippen molar-refractivity contribution in [1.29, 1.82) is 0 Å². The van der Waals surface area contributed by atoms with Crippen LogP contribution < -0.4 is 21.9 Å². The van der Waals surface area contributed by atoms with Crippen LogP contribution in [0.5, 0.6) is 0 Å². The van der Waals surface area contributed by atoms with Gasteiger partial charge < -0.3 is 16.4 Å². The summed E-state index contributed by atoms with van der Waals surface area (Å²) < 4.78 is 1.54. The summed E-state index contributed by atoms with van der Waals surface area (Å²) in [5.74, 6) is 0.254. The van der Waals surface area contributed by atoms with Crippen LogP contribution in [0.15, 0.2) is 70.0 Å². The molecule has 1 aromatic carbocycles. The number of aliphatic imine (C=N–C) groups is 1. The Balaban J connectivity index is 1.97. The van der Waals surface area contributed by atoms with Crippen LogP contribution in [-0.2, 0) is 11.2 Å². The van der Waals surface area contributed by atoms with Gasteiger partial charge in [-0.2, -0.15) is 0 Å². The SMILES string of the molecule is C=C1C(CNC=O)=C(n2c(C)ccc(NCCc3ccccc3)c2=O)C(N)=NC1C. The minimum atomic E-state index is -0.222. The van der Waals surface area contributed by atoms with Crippen molar-refractivity contribution in [3.63, 3.8) is 0 Å². The van der Waals surface area contributed by atoms with Crippen molar-refractivity contribution in [3.8, 4) is 0 Å². The van der Waals surface area contributed by atoms with Gasteiger partial charge in [-0.1, -0.05) is 36.9 Å². The van der Waals surface area contributed by atoms with E-state index in [9.17, 15) is 9.59 Å². The smallest absolute Gasteiger partial charge is 0.278 e. The maximum absolute atomic E-state index is 13.3. The molecule has 7 heteroatoms. The lowest BCUT2D eigenvalue weighted by Crippen LogP contribution is -2.36. The van der Waals surface area contributed by atoms with Crippen LogP contribution in [0.3, 0.4) is 0 Å². The number of nitrogens with one attached hydrogen (secondary N) is 2. The van der Waals surface area contributed by atoms with Gasteiger partial charge in [0.1, 0.15) is 11.5 Å². The van der Waals surface area contributed by atoms with Gasteiger partial charge in [0.05, 0.1) is 11.7 Å². The van der Waals surface area contributed by atoms with E-state index in [1.165, 1.54) is 5.56 Å². The first-order valence-electron chi connectivity index (χ1n) is 9.87. The Morgan fingerprint density at radius 2 is 1.97 bits per heavy atom. The molecular formula is C23H27N5O2. The van der Waals surface area contributed by atoms with Crippen molar-refractivity contribution in [2.45, 2.75) is 26.3 Å². The average molecular weight is 406 g/mol. The van der Waals surface area contributed by atoms with Crippen molar-refractivity contribution in [2.24, 2.45) is 10.7 Å². The van der Waals surface area contributed by atoms with Gasteiger partial charge in [0.15, 0.2) is 0 Å². The van der Waals surface area contributed by atoms with E-state index in [0.29, 0.717) is 35.6 Å². The van der Waals surface area contributed by atoms with Crippen LogP contribution in [0.2, 0.25) is 0 Å². The predicted octanol–water partition coefficient (Wildman–Crippen LogP) is 2.08. The van der Waals surface area contributed by atoms with E-state index in [1.54, 1.807) is 10.6 Å². The molecule has 1 aliphatic rings. The van der Waals surface area contributed by atoms with Crippen molar-refractivity contribution in [1.82, 2.24) is 9.88 Å². The van der Waals surface area contributed by atoms with E-state index in [4.69, 9.17) is 5.73 Å². The van der Waals surface area contributed by atoms with Gasteiger partial charge in [0, 0.05) is 24.4 Å². The molecule has 0 fully saturated rings. The van der Waals surface area contributed by atoms with Gasteiger partial charge in [0.2, 0.25) is 6.41 Å². The third kappa shape index (κ3) is 4.35. The fraction of sp³-hybridized carbons (Fsp3) is 0.261. The normalized spacial score (nSPS) is 16.3. The number of carbonyl (C=O) groups excluding carboxylic acids is 1. The Hall–Kier alpha value is -3.61. The summed E-state index contributed by atoms with van der Waals surface area (Å²) in [6.07, 6.45) is 1.41. The molecule has 0 bridgehead atoms. The molecule has 7 nitrogen and oxygen atoms in total. The minimum Gasteiger partial charge on any atom is -0.382 e. The third-order valence-electron chi connectivity index (χ3n) is 5.19. The lowest BCUT2D eigenvalue weighted by molar-refractivity contribution is -0.109. The second kappa shape index (κ2) is 9.26. The standard InChI is InChI=1S/C23H27N5O2/c1-15-9-10-20(26-12-11-18-7-5-4-6-8-18)23(30)28(15)21-19(13-25-14-29)16(2)17(3)27-22(21)24/h4-10,14,17,26H,2,11-13H2,1,3H3,(H2,24,27)(H,25,29). The van der Waals surface area contributed by atoms with Crippen LogP contribution in [0.1, 0.15) is 18.2 Å². The summed E-state index contributed by atoms with van der Waals surface area (Å²) in [5.41, 5.74) is 10.3. The van der Waals surface area contributed by atoms with Crippen LogP contribution >= 0.6 is 0 Å². The molecule has 0 saturated heterocycles. The van der Waals surface area contributed by atoms with Crippen LogP contribution in [-0.4, -0.2) is 35.9 Å². The number of amides is 1. The first-order chi connectivity index (χ1) is 14.4. The van der Waals surface area contributed by atoms with Gasteiger partial charge in [-0.3, -0.25) is 19.1 Å². The predicted molar refractivity (Wildman–Crippen MR) is 122 cm³/mol. The number of carbonyl (C=O) groups is 1. The summed E-state index contributed by atoms with van der Waals surface area (Å²) >= 11 is 0. The number of dihydropyridines is 1. The summed E-state index contributed by atoms with van der Waals surface area (Å²) in [6, 6.07) is 13.5. The number of aryl methyl sites for hydroxylation is 1. The van der Waals surface area contributed by atoms with E-state index in [2.05, 4.69) is 34.3 Å². The molecule has 3 rings (SSSR count). The number of anilines is 1. The molecule has 2 aromatic rings. The Labute approximate surface area is 176 Å². The molecule has 30 heavy (non-hydrogen) atoms. The molecule has 1 aromatic heterocycles. The molecule has 4 N–H and O–H groups in total. The first kappa shape index (κ1) is 21.1. The van der Waals surface area contributed by atoms with E-state index >= 15 is 0 Å². The second-order valence-electron chi connectivity index (χ2n) is 7.23. The quantitative estimate of drug-likeness (QED) is 0.585. The lowest BCUT2D eigenvalue weighted by atomic mass is 9.95. The highest BCUT2D eigenvalue weighted by Crippen LogP contribution is 2.27. The maximum atomic E-state index is 13.3. The molecular weight excluding hydrogens is 378 g/mol. The molecule has 1 aliphatic heterocycles. The number of nitrogens with zero attached hydrogens (tertiary/aromatic N) is 2. The van der Waals surface area contributed by atoms with Crippen LogP contribution in [0.4, 0.5) is 5.69 Å². The number of amidine groups is 1. The number of pyridine rings is 1. The van der Waals surface area contributed by atoms with Crippen LogP contribution in [0, 0.1) is 6.92 Å². The molecule has 0 radical (unpaired) electrons. The molecule has 1 unspecified atom stereocenters. The lowest BCUT2D eigenvalue weighted by Gasteiger charge is -2.27. The summed E-state index contributed by atoms with van der Waals surface area (Å²) in [5, 5.41) is 5.88. The molecule has 0 aliphatic carbocycles. The van der Waals surface area contributed by atoms with Gasteiger partial charge in [-0.15, -0.1) is 0 Å². The highest BCUT2D eigenvalue weighted by molar-refractivity contribution is 6.19. The zero-order valence-electron chi connectivity index (χ0n) is 17.3. The molecule has 156 valence electrons. The largest absolute Gasteiger partial charge is 0.382 e. The molecule has 2 heterocycles. The molecule has 1 amide bonds. The van der Waals surface area contributed by atoms with Gasteiger partial charge >= 0.3 is 0 Å². The summed E-state index contributed by atoms with van der Waals surface area (Å²) in [6.45, 7) is 8.65. The Morgan fingerprint density at radius 3 is 2.67 bits per heavy atom. The number of aromatic nitrogens is 1. The van der Waals surface area contributed by atoms with E-state index < -0.39 is 0 Å². The highest BCUT2D eigenvalue weighted by atomic mass is 16.1. The Kier molecular flexibility index (Phi) is 6.51. The number of rotatable bonds is 8. The van der Waals surface area contributed by atoms with Gasteiger partial charge in [-0.25, -0.2) is 0 Å². The Bertz CT molecular complexity index is 1070. The van der Waals surface area contributed by atoms with Crippen molar-refractivity contribution in [2.75, 3.05) is 18.4 Å². The fourth-order valence-corrected chi connectivity index (χ4v) is 3.53. The zero-order valence-corrected chi connectivity index (χ0v) is 17.3. The van der Waals surface area contributed by atoms with Crippen LogP contribution in [0.25, 0.3) is 5.70 Å². The van der Waals surface area contributed by atoms with Crippen molar-refractivity contribution in [3.05, 3.63) is 81.8 Å². The molecule has 0 spiro atoms. The third-order valence-corrected chi connectivity index (χ3v) is 5.19. The highest BCUT2D eigenvalue weighted by Gasteiger charge is 2.26. The maximum Gasteiger partial charge on any atom is 0.278 e. The monoisotopic (exact) mass is 405 g/mol. The minimum absolute atomic E-state index is 0.218. The Morgan fingerprint density at radius 1 is 1.23 bits per heavy atom. The van der Waals surface area contributed by atoms with E-state index in [0.717, 1.165) is 12.0 Å². The topological polar surface area (TPSA) is 102 Å². The van der Waals surface area contributed by atoms with Crippen molar-refractivity contribution >= 4 is 23.6 Å².